The van der Waals surface area contributed by atoms with Crippen LogP contribution >= 0.6 is 0 Å². The van der Waals surface area contributed by atoms with Crippen LogP contribution in [-0.4, -0.2) is 39.6 Å². The van der Waals surface area contributed by atoms with E-state index in [1.165, 1.54) is 33.8 Å². The number of aromatic nitrogens is 2. The second-order valence-corrected chi connectivity index (χ2v) is 8.34. The number of halogens is 2. The van der Waals surface area contributed by atoms with Gasteiger partial charge in [-0.1, -0.05) is 49.4 Å². The summed E-state index contributed by atoms with van der Waals surface area (Å²) in [6, 6.07) is 22.7. The van der Waals surface area contributed by atoms with Crippen LogP contribution in [0.1, 0.15) is 18.9 Å². The number of hydrogen-bond acceptors (Lipinski definition) is 3. The highest BCUT2D eigenvalue weighted by molar-refractivity contribution is 5.95. The monoisotopic (exact) mass is 488 g/mol. The number of nitrogens with zero attached hydrogens (tertiary/aromatic N) is 3. The highest BCUT2D eigenvalue weighted by Gasteiger charge is 2.19. The van der Waals surface area contributed by atoms with Crippen LogP contribution in [0.5, 0.6) is 0 Å². The van der Waals surface area contributed by atoms with Crippen LogP contribution in [-0.2, 0) is 16.0 Å². The third-order valence-corrected chi connectivity index (χ3v) is 5.57. The van der Waals surface area contributed by atoms with Gasteiger partial charge < -0.3 is 10.2 Å². The molecule has 1 N–H and O–H groups in total. The van der Waals surface area contributed by atoms with Gasteiger partial charge in [0.25, 0.3) is 0 Å². The summed E-state index contributed by atoms with van der Waals surface area (Å²) >= 11 is 0. The molecular formula is C28H26F2N4O2. The Labute approximate surface area is 208 Å². The first kappa shape index (κ1) is 24.8. The van der Waals surface area contributed by atoms with E-state index in [0.717, 1.165) is 5.56 Å². The average molecular weight is 489 g/mol. The van der Waals surface area contributed by atoms with E-state index in [-0.39, 0.29) is 30.5 Å². The molecule has 1 heterocycles. The first-order chi connectivity index (χ1) is 17.4. The molecule has 0 fully saturated rings. The summed E-state index contributed by atoms with van der Waals surface area (Å²) in [5.41, 5.74) is 2.74. The molecule has 184 valence electrons. The molecule has 0 spiro atoms. The molecule has 0 aliphatic rings. The third-order valence-electron chi connectivity index (χ3n) is 5.57. The van der Waals surface area contributed by atoms with Crippen LogP contribution in [0.15, 0.2) is 84.9 Å². The highest BCUT2D eigenvalue weighted by Crippen LogP contribution is 2.25. The molecule has 6 nitrogen and oxygen atoms in total. The Balaban J connectivity index is 1.54. The zero-order valence-corrected chi connectivity index (χ0v) is 19.8. The van der Waals surface area contributed by atoms with Crippen molar-refractivity contribution in [2.45, 2.75) is 19.8 Å². The lowest BCUT2D eigenvalue weighted by molar-refractivity contribution is -0.134. The molecule has 3 aromatic carbocycles. The Morgan fingerprint density at radius 2 is 1.56 bits per heavy atom. The molecule has 8 heteroatoms. The number of nitrogens with one attached hydrogen (secondary N) is 1. The van der Waals surface area contributed by atoms with Crippen LogP contribution in [0.25, 0.3) is 16.9 Å². The quantitative estimate of drug-likeness (QED) is 0.351. The van der Waals surface area contributed by atoms with Crippen molar-refractivity contribution in [1.82, 2.24) is 14.7 Å². The molecule has 36 heavy (non-hydrogen) atoms. The zero-order chi connectivity index (χ0) is 25.5. The molecule has 4 aromatic rings. The smallest absolute Gasteiger partial charge is 0.245 e. The lowest BCUT2D eigenvalue weighted by atomic mass is 10.1. The molecule has 0 saturated carbocycles. The van der Waals surface area contributed by atoms with Crippen LogP contribution in [0.4, 0.5) is 14.6 Å². The molecule has 4 rings (SSSR count). The minimum atomic E-state index is -0.390. The van der Waals surface area contributed by atoms with Gasteiger partial charge in [0.15, 0.2) is 0 Å². The minimum absolute atomic E-state index is 0.0687. The first-order valence-corrected chi connectivity index (χ1v) is 11.7. The second-order valence-electron chi connectivity index (χ2n) is 8.34. The number of amides is 2. The van der Waals surface area contributed by atoms with E-state index in [1.807, 2.05) is 37.3 Å². The third kappa shape index (κ3) is 6.21. The summed E-state index contributed by atoms with van der Waals surface area (Å²) in [7, 11) is 0. The van der Waals surface area contributed by atoms with Crippen molar-refractivity contribution in [3.63, 3.8) is 0 Å². The lowest BCUT2D eigenvalue weighted by Crippen LogP contribution is -2.39. The Morgan fingerprint density at radius 3 is 2.19 bits per heavy atom. The number of carbonyl (C=O) groups is 2. The number of carbonyl (C=O) groups excluding carboxylic acids is 2. The average Bonchev–Trinajstić information content (AvgIpc) is 3.29. The lowest BCUT2D eigenvalue weighted by Gasteiger charge is -2.22. The maximum absolute atomic E-state index is 13.5. The van der Waals surface area contributed by atoms with Crippen molar-refractivity contribution in [3.8, 4) is 16.9 Å². The summed E-state index contributed by atoms with van der Waals surface area (Å²) in [4.78, 5) is 27.4. The molecule has 0 saturated heterocycles. The molecule has 0 atom stereocenters. The molecule has 0 aliphatic heterocycles. The molecule has 1 aromatic heterocycles. The largest absolute Gasteiger partial charge is 0.333 e. The van der Waals surface area contributed by atoms with Crippen molar-refractivity contribution >= 4 is 17.6 Å². The van der Waals surface area contributed by atoms with Crippen LogP contribution in [0, 0.1) is 11.6 Å². The summed E-state index contributed by atoms with van der Waals surface area (Å²) in [6.45, 7) is 2.18. The molecule has 0 aliphatic carbocycles. The van der Waals surface area contributed by atoms with Crippen molar-refractivity contribution in [2.24, 2.45) is 0 Å². The topological polar surface area (TPSA) is 67.2 Å². The van der Waals surface area contributed by atoms with Gasteiger partial charge in [-0.25, -0.2) is 13.5 Å². The standard InChI is InChI=1S/C28H26F2N4O2/c1-2-16-33(28(36)17-20-8-10-22(29)11-9-20)19-27(35)31-26-18-25(21-6-4-3-5-7-21)32-34(26)24-14-12-23(30)13-15-24/h3-15,18H,2,16-17,19H2,1H3,(H,31,35). The van der Waals surface area contributed by atoms with E-state index in [2.05, 4.69) is 10.4 Å². The summed E-state index contributed by atoms with van der Waals surface area (Å²) in [5, 5.41) is 7.47. The molecular weight excluding hydrogens is 462 g/mol. The number of hydrogen-bond donors (Lipinski definition) is 1. The fourth-order valence-corrected chi connectivity index (χ4v) is 3.81. The summed E-state index contributed by atoms with van der Waals surface area (Å²) < 4.78 is 28.2. The molecule has 2 amide bonds. The van der Waals surface area contributed by atoms with E-state index in [1.54, 1.807) is 30.3 Å². The Kier molecular flexibility index (Phi) is 7.85. The maximum Gasteiger partial charge on any atom is 0.245 e. The minimum Gasteiger partial charge on any atom is -0.333 e. The van der Waals surface area contributed by atoms with Crippen molar-refractivity contribution in [1.29, 1.82) is 0 Å². The predicted molar refractivity (Wildman–Crippen MR) is 135 cm³/mol. The fourth-order valence-electron chi connectivity index (χ4n) is 3.81. The Hall–Kier alpha value is -4.33. The van der Waals surface area contributed by atoms with Crippen LogP contribution in [0.2, 0.25) is 0 Å². The molecule has 0 unspecified atom stereocenters. The van der Waals surface area contributed by atoms with Crippen LogP contribution < -0.4 is 5.32 Å². The van der Waals surface area contributed by atoms with Crippen LogP contribution in [0.3, 0.4) is 0 Å². The van der Waals surface area contributed by atoms with Crippen molar-refractivity contribution in [2.75, 3.05) is 18.4 Å². The fraction of sp³-hybridized carbons (Fsp3) is 0.179. The molecule has 0 bridgehead atoms. The predicted octanol–water partition coefficient (Wildman–Crippen LogP) is 5.24. The van der Waals surface area contributed by atoms with Gasteiger partial charge in [-0.05, 0) is 48.4 Å². The zero-order valence-electron chi connectivity index (χ0n) is 19.8. The first-order valence-electron chi connectivity index (χ1n) is 11.7. The van der Waals surface area contributed by atoms with Crippen molar-refractivity contribution < 1.29 is 18.4 Å². The maximum atomic E-state index is 13.5. The van der Waals surface area contributed by atoms with Gasteiger partial charge in [0.1, 0.15) is 17.5 Å². The summed E-state index contributed by atoms with van der Waals surface area (Å²) in [5.74, 6) is -0.972. The van der Waals surface area contributed by atoms with E-state index in [4.69, 9.17) is 0 Å². The highest BCUT2D eigenvalue weighted by atomic mass is 19.1. The van der Waals surface area contributed by atoms with E-state index < -0.39 is 5.91 Å². The number of rotatable bonds is 9. The van der Waals surface area contributed by atoms with Gasteiger partial charge in [0.05, 0.1) is 24.3 Å². The Bertz CT molecular complexity index is 1320. The van der Waals surface area contributed by atoms with E-state index in [9.17, 15) is 18.4 Å². The van der Waals surface area contributed by atoms with E-state index >= 15 is 0 Å². The van der Waals surface area contributed by atoms with Gasteiger partial charge >= 0.3 is 0 Å². The van der Waals surface area contributed by atoms with Gasteiger partial charge in [-0.3, -0.25) is 9.59 Å². The second kappa shape index (κ2) is 11.4. The normalized spacial score (nSPS) is 10.8. The number of anilines is 1. The van der Waals surface area contributed by atoms with Crippen molar-refractivity contribution in [3.05, 3.63) is 102 Å². The van der Waals surface area contributed by atoms with Gasteiger partial charge in [-0.2, -0.15) is 5.10 Å². The molecule has 0 radical (unpaired) electrons. The van der Waals surface area contributed by atoms with E-state index in [0.29, 0.717) is 35.7 Å². The van der Waals surface area contributed by atoms with Gasteiger partial charge in [-0.15, -0.1) is 0 Å². The summed E-state index contributed by atoms with van der Waals surface area (Å²) in [6.07, 6.45) is 0.743. The van der Waals surface area contributed by atoms with Gasteiger partial charge in [0, 0.05) is 18.2 Å². The number of benzene rings is 3. The SMILES string of the molecule is CCCN(CC(=O)Nc1cc(-c2ccccc2)nn1-c1ccc(F)cc1)C(=O)Cc1ccc(F)cc1. The Morgan fingerprint density at radius 1 is 0.917 bits per heavy atom. The van der Waals surface area contributed by atoms with Gasteiger partial charge in [0.2, 0.25) is 11.8 Å².